The molecule has 0 bridgehead atoms. The molecule has 6 nitrogen and oxygen atoms in total. The largest absolute Gasteiger partial charge is 0.398 e. The summed E-state index contributed by atoms with van der Waals surface area (Å²) in [5.41, 5.74) is 6.65. The lowest BCUT2D eigenvalue weighted by Gasteiger charge is -2.10. The highest BCUT2D eigenvalue weighted by molar-refractivity contribution is 9.10. The quantitative estimate of drug-likeness (QED) is 0.747. The van der Waals surface area contributed by atoms with Crippen LogP contribution in [0.25, 0.3) is 0 Å². The van der Waals surface area contributed by atoms with Gasteiger partial charge in [0.2, 0.25) is 5.95 Å². The predicted molar refractivity (Wildman–Crippen MR) is 72.7 cm³/mol. The summed E-state index contributed by atoms with van der Waals surface area (Å²) in [6, 6.07) is 3.07. The molecule has 0 aliphatic rings. The number of nitrogen functional groups attached to an aromatic ring is 1. The molecule has 0 aliphatic carbocycles. The van der Waals surface area contributed by atoms with Gasteiger partial charge in [-0.3, -0.25) is 0 Å². The number of hydrogen-bond acceptors (Lipinski definition) is 4. The van der Waals surface area contributed by atoms with Crippen LogP contribution in [0, 0.1) is 6.92 Å². The number of aryl methyl sites for hydroxylation is 1. The molecule has 1 aromatic heterocycles. The number of nitrogens with one attached hydrogen (secondary N) is 2. The summed E-state index contributed by atoms with van der Waals surface area (Å²) in [4.78, 5) is 6.60. The second-order valence-corrected chi connectivity index (χ2v) is 6.19. The molecule has 2 aromatic rings. The Balaban J connectivity index is 2.44. The van der Waals surface area contributed by atoms with Crippen LogP contribution in [0.5, 0.6) is 0 Å². The molecule has 0 aliphatic heterocycles. The molecule has 0 amide bonds. The molecular weight excluding hydrogens is 320 g/mol. The van der Waals surface area contributed by atoms with Crippen molar-refractivity contribution >= 4 is 37.6 Å². The van der Waals surface area contributed by atoms with Gasteiger partial charge in [-0.05, 0) is 40.5 Å². The number of halogens is 1. The lowest BCUT2D eigenvalue weighted by molar-refractivity contribution is 0.600. The fourth-order valence-electron chi connectivity index (χ4n) is 1.46. The molecule has 1 heterocycles. The van der Waals surface area contributed by atoms with Gasteiger partial charge >= 0.3 is 0 Å². The summed E-state index contributed by atoms with van der Waals surface area (Å²) in [5.74, 6) is 0.163. The van der Waals surface area contributed by atoms with E-state index in [0.29, 0.717) is 15.7 Å². The second-order valence-electron chi connectivity index (χ2n) is 3.68. The number of aromatic amines is 1. The van der Waals surface area contributed by atoms with E-state index in [4.69, 9.17) is 5.73 Å². The Morgan fingerprint density at radius 1 is 1.44 bits per heavy atom. The molecule has 4 N–H and O–H groups in total. The first-order valence-electron chi connectivity index (χ1n) is 4.98. The van der Waals surface area contributed by atoms with E-state index in [-0.39, 0.29) is 10.8 Å². The summed E-state index contributed by atoms with van der Waals surface area (Å²) in [6.45, 7) is 1.70. The maximum atomic E-state index is 12.1. The van der Waals surface area contributed by atoms with Crippen molar-refractivity contribution < 1.29 is 8.42 Å². The van der Waals surface area contributed by atoms with E-state index in [1.807, 2.05) is 0 Å². The van der Waals surface area contributed by atoms with Crippen molar-refractivity contribution in [3.63, 3.8) is 0 Å². The SMILES string of the molecule is Cc1cc(Br)c(N)cc1S(=O)(=O)Nc1ncc[nH]1. The molecule has 96 valence electrons. The minimum absolute atomic E-state index is 0.125. The van der Waals surface area contributed by atoms with Crippen molar-refractivity contribution in [2.75, 3.05) is 10.5 Å². The molecule has 0 atom stereocenters. The van der Waals surface area contributed by atoms with Crippen LogP contribution in [0.2, 0.25) is 0 Å². The van der Waals surface area contributed by atoms with Crippen LogP contribution in [0.1, 0.15) is 5.56 Å². The minimum Gasteiger partial charge on any atom is -0.398 e. The molecular formula is C10H11BrN4O2S. The Morgan fingerprint density at radius 3 is 2.78 bits per heavy atom. The van der Waals surface area contributed by atoms with E-state index in [1.165, 1.54) is 18.5 Å². The lowest BCUT2D eigenvalue weighted by Crippen LogP contribution is -2.15. The van der Waals surface area contributed by atoms with Crippen molar-refractivity contribution in [2.45, 2.75) is 11.8 Å². The first kappa shape index (κ1) is 12.9. The van der Waals surface area contributed by atoms with Gasteiger partial charge in [-0.1, -0.05) is 0 Å². The Morgan fingerprint density at radius 2 is 2.17 bits per heavy atom. The van der Waals surface area contributed by atoms with Crippen LogP contribution < -0.4 is 10.5 Å². The Hall–Kier alpha value is -1.54. The smallest absolute Gasteiger partial charge is 0.264 e. The maximum absolute atomic E-state index is 12.1. The van der Waals surface area contributed by atoms with Crippen molar-refractivity contribution in [1.82, 2.24) is 9.97 Å². The average molecular weight is 331 g/mol. The number of benzene rings is 1. The fourth-order valence-corrected chi connectivity index (χ4v) is 3.16. The summed E-state index contributed by atoms with van der Waals surface area (Å²) >= 11 is 3.25. The van der Waals surface area contributed by atoms with Crippen LogP contribution in [0.4, 0.5) is 11.6 Å². The number of nitrogens with zero attached hydrogens (tertiary/aromatic N) is 1. The van der Waals surface area contributed by atoms with Crippen LogP contribution >= 0.6 is 15.9 Å². The zero-order valence-corrected chi connectivity index (χ0v) is 11.8. The van der Waals surface area contributed by atoms with Crippen LogP contribution in [0.3, 0.4) is 0 Å². The molecule has 8 heteroatoms. The van der Waals surface area contributed by atoms with Gasteiger partial charge in [-0.2, -0.15) is 0 Å². The molecule has 0 unspecified atom stereocenters. The molecule has 0 saturated carbocycles. The van der Waals surface area contributed by atoms with E-state index in [1.54, 1.807) is 13.0 Å². The number of rotatable bonds is 3. The van der Waals surface area contributed by atoms with Crippen molar-refractivity contribution in [1.29, 1.82) is 0 Å². The van der Waals surface area contributed by atoms with Gasteiger partial charge in [0.15, 0.2) is 0 Å². The van der Waals surface area contributed by atoms with Crippen LogP contribution in [-0.4, -0.2) is 18.4 Å². The Bertz CT molecular complexity index is 667. The summed E-state index contributed by atoms with van der Waals surface area (Å²) in [5, 5.41) is 0. The van der Waals surface area contributed by atoms with Crippen molar-refractivity contribution in [3.05, 3.63) is 34.6 Å². The van der Waals surface area contributed by atoms with Gasteiger partial charge in [0.05, 0.1) is 4.90 Å². The first-order chi connectivity index (χ1) is 8.40. The molecule has 0 spiro atoms. The second kappa shape index (κ2) is 4.62. The van der Waals surface area contributed by atoms with Gasteiger partial charge in [-0.15, -0.1) is 0 Å². The Kier molecular flexibility index (Phi) is 3.31. The highest BCUT2D eigenvalue weighted by atomic mass is 79.9. The van der Waals surface area contributed by atoms with E-state index < -0.39 is 10.0 Å². The number of hydrogen-bond donors (Lipinski definition) is 3. The number of nitrogens with two attached hydrogens (primary N) is 1. The van der Waals surface area contributed by atoms with Gasteiger partial charge in [0, 0.05) is 22.6 Å². The zero-order valence-electron chi connectivity index (χ0n) is 9.44. The zero-order chi connectivity index (χ0) is 13.3. The normalized spacial score (nSPS) is 11.4. The maximum Gasteiger partial charge on any atom is 0.264 e. The standard InChI is InChI=1S/C10H11BrN4O2S/c1-6-4-7(11)8(12)5-9(6)18(16,17)15-10-13-2-3-14-10/h2-5H,12H2,1H3,(H2,13,14,15). The topological polar surface area (TPSA) is 101 Å². The van der Waals surface area contributed by atoms with Crippen LogP contribution in [0.15, 0.2) is 33.9 Å². The van der Waals surface area contributed by atoms with E-state index in [9.17, 15) is 8.42 Å². The average Bonchev–Trinajstić information content (AvgIpc) is 2.75. The fraction of sp³-hybridized carbons (Fsp3) is 0.100. The first-order valence-corrected chi connectivity index (χ1v) is 7.25. The predicted octanol–water partition coefficient (Wildman–Crippen LogP) is 1.86. The molecule has 0 fully saturated rings. The lowest BCUT2D eigenvalue weighted by atomic mass is 10.2. The highest BCUT2D eigenvalue weighted by Gasteiger charge is 2.19. The third-order valence-electron chi connectivity index (χ3n) is 2.31. The number of H-pyrrole nitrogens is 1. The van der Waals surface area contributed by atoms with E-state index >= 15 is 0 Å². The van der Waals surface area contributed by atoms with Gasteiger partial charge in [0.25, 0.3) is 10.0 Å². The highest BCUT2D eigenvalue weighted by Crippen LogP contribution is 2.27. The molecule has 1 aromatic carbocycles. The number of sulfonamides is 1. The third-order valence-corrected chi connectivity index (χ3v) is 4.48. The van der Waals surface area contributed by atoms with Crippen molar-refractivity contribution in [3.8, 4) is 0 Å². The van der Waals surface area contributed by atoms with Gasteiger partial charge in [0.1, 0.15) is 0 Å². The summed E-state index contributed by atoms with van der Waals surface area (Å²) in [7, 11) is -3.70. The summed E-state index contributed by atoms with van der Waals surface area (Å²) in [6.07, 6.45) is 2.99. The number of imidazole rings is 1. The van der Waals surface area contributed by atoms with Crippen molar-refractivity contribution in [2.24, 2.45) is 0 Å². The molecule has 18 heavy (non-hydrogen) atoms. The number of anilines is 2. The molecule has 0 radical (unpaired) electrons. The van der Waals surface area contributed by atoms with E-state index in [2.05, 4.69) is 30.6 Å². The third kappa shape index (κ3) is 2.49. The monoisotopic (exact) mass is 330 g/mol. The Labute approximate surface area is 113 Å². The van der Waals surface area contributed by atoms with Gasteiger partial charge in [-0.25, -0.2) is 18.1 Å². The summed E-state index contributed by atoms with van der Waals surface area (Å²) < 4.78 is 27.3. The van der Waals surface area contributed by atoms with E-state index in [0.717, 1.165) is 0 Å². The molecule has 2 rings (SSSR count). The van der Waals surface area contributed by atoms with Gasteiger partial charge < -0.3 is 10.7 Å². The van der Waals surface area contributed by atoms with Crippen LogP contribution in [-0.2, 0) is 10.0 Å². The molecule has 0 saturated heterocycles. The number of aromatic nitrogens is 2. The minimum atomic E-state index is -3.70.